The molecular formula is C10H14N2O3. The van der Waals surface area contributed by atoms with Gasteiger partial charge in [0.15, 0.2) is 5.82 Å². The van der Waals surface area contributed by atoms with Crippen LogP contribution in [0.15, 0.2) is 12.3 Å². The molecule has 5 nitrogen and oxygen atoms in total. The lowest BCUT2D eigenvalue weighted by Crippen LogP contribution is -2.12. The molecule has 0 aliphatic carbocycles. The fraction of sp³-hybridized carbons (Fsp3) is 0.500. The summed E-state index contributed by atoms with van der Waals surface area (Å²) in [6.45, 7) is 3.82. The van der Waals surface area contributed by atoms with Crippen molar-refractivity contribution in [3.8, 4) is 0 Å². The van der Waals surface area contributed by atoms with E-state index in [1.54, 1.807) is 26.1 Å². The third kappa shape index (κ3) is 3.63. The number of nitrogens with zero attached hydrogens (tertiary/aromatic N) is 2. The van der Waals surface area contributed by atoms with Gasteiger partial charge in [0.05, 0.1) is 13.0 Å². The molecule has 0 spiro atoms. The Kier molecular flexibility index (Phi) is 4.17. The summed E-state index contributed by atoms with van der Waals surface area (Å²) in [5.74, 6) is -0.196. The number of aryl methyl sites for hydroxylation is 1. The topological polar surface area (TPSA) is 72.3 Å². The fourth-order valence-electron chi connectivity index (χ4n) is 1.10. The number of aliphatic hydroxyl groups is 1. The van der Waals surface area contributed by atoms with Crippen LogP contribution in [0.1, 0.15) is 31.0 Å². The van der Waals surface area contributed by atoms with Gasteiger partial charge in [-0.3, -0.25) is 4.79 Å². The highest BCUT2D eigenvalue weighted by atomic mass is 16.5. The van der Waals surface area contributed by atoms with Crippen molar-refractivity contribution in [2.24, 2.45) is 0 Å². The second-order valence-corrected chi connectivity index (χ2v) is 3.08. The van der Waals surface area contributed by atoms with Crippen molar-refractivity contribution in [3.05, 3.63) is 23.8 Å². The van der Waals surface area contributed by atoms with Gasteiger partial charge in [0.2, 0.25) is 0 Å². The minimum Gasteiger partial charge on any atom is -0.466 e. The van der Waals surface area contributed by atoms with Gasteiger partial charge in [-0.25, -0.2) is 9.97 Å². The van der Waals surface area contributed by atoms with E-state index >= 15 is 0 Å². The maximum Gasteiger partial charge on any atom is 0.308 e. The van der Waals surface area contributed by atoms with Crippen molar-refractivity contribution in [1.82, 2.24) is 9.97 Å². The van der Waals surface area contributed by atoms with E-state index in [-0.39, 0.29) is 12.2 Å². The van der Waals surface area contributed by atoms with Crippen LogP contribution < -0.4 is 0 Å². The highest BCUT2D eigenvalue weighted by molar-refractivity contribution is 5.70. The standard InChI is InChI=1S/C10H14N2O3/c1-3-15-9(14)6-8(13)10-11-5-4-7(2)12-10/h4-5,8,13H,3,6H2,1-2H3. The summed E-state index contributed by atoms with van der Waals surface area (Å²) in [7, 11) is 0. The van der Waals surface area contributed by atoms with Gasteiger partial charge in [0.25, 0.3) is 0 Å². The smallest absolute Gasteiger partial charge is 0.308 e. The quantitative estimate of drug-likeness (QED) is 0.743. The van der Waals surface area contributed by atoms with Crippen LogP contribution in [0.2, 0.25) is 0 Å². The predicted molar refractivity (Wildman–Crippen MR) is 53.0 cm³/mol. The maximum atomic E-state index is 11.1. The molecule has 0 saturated heterocycles. The first-order valence-corrected chi connectivity index (χ1v) is 4.76. The highest BCUT2D eigenvalue weighted by Crippen LogP contribution is 2.12. The van der Waals surface area contributed by atoms with Gasteiger partial charge in [0.1, 0.15) is 6.10 Å². The van der Waals surface area contributed by atoms with E-state index < -0.39 is 12.1 Å². The van der Waals surface area contributed by atoms with Crippen LogP contribution in [0.25, 0.3) is 0 Å². The van der Waals surface area contributed by atoms with Crippen LogP contribution in [0, 0.1) is 6.92 Å². The SMILES string of the molecule is CCOC(=O)CC(O)c1nccc(C)n1. The van der Waals surface area contributed by atoms with Gasteiger partial charge in [-0.2, -0.15) is 0 Å². The number of hydrogen-bond acceptors (Lipinski definition) is 5. The van der Waals surface area contributed by atoms with E-state index in [2.05, 4.69) is 9.97 Å². The van der Waals surface area contributed by atoms with Crippen molar-refractivity contribution in [2.75, 3.05) is 6.61 Å². The van der Waals surface area contributed by atoms with E-state index in [0.717, 1.165) is 5.69 Å². The maximum absolute atomic E-state index is 11.1. The lowest BCUT2D eigenvalue weighted by molar-refractivity contribution is -0.145. The number of rotatable bonds is 4. The number of aromatic nitrogens is 2. The van der Waals surface area contributed by atoms with Crippen LogP contribution >= 0.6 is 0 Å². The van der Waals surface area contributed by atoms with Gasteiger partial charge in [0, 0.05) is 11.9 Å². The zero-order chi connectivity index (χ0) is 11.3. The molecule has 0 aromatic carbocycles. The van der Waals surface area contributed by atoms with Crippen molar-refractivity contribution >= 4 is 5.97 Å². The van der Waals surface area contributed by atoms with Crippen LogP contribution in [0.3, 0.4) is 0 Å². The summed E-state index contributed by atoms with van der Waals surface area (Å²) in [5, 5.41) is 9.62. The Morgan fingerprint density at radius 1 is 1.67 bits per heavy atom. The molecule has 0 radical (unpaired) electrons. The normalized spacial score (nSPS) is 12.2. The number of esters is 1. The minimum atomic E-state index is -0.996. The number of carbonyl (C=O) groups excluding carboxylic acids is 1. The molecule has 5 heteroatoms. The molecule has 1 atom stereocenters. The Balaban J connectivity index is 2.60. The van der Waals surface area contributed by atoms with E-state index in [1.807, 2.05) is 0 Å². The molecular weight excluding hydrogens is 196 g/mol. The Hall–Kier alpha value is -1.49. The zero-order valence-electron chi connectivity index (χ0n) is 8.80. The summed E-state index contributed by atoms with van der Waals surface area (Å²) in [4.78, 5) is 19.0. The third-order valence-electron chi connectivity index (χ3n) is 1.78. The van der Waals surface area contributed by atoms with Crippen LogP contribution in [-0.4, -0.2) is 27.7 Å². The van der Waals surface area contributed by atoms with Crippen LogP contribution in [0.5, 0.6) is 0 Å². The first kappa shape index (κ1) is 11.6. The molecule has 0 bridgehead atoms. The molecule has 1 N–H and O–H groups in total. The van der Waals surface area contributed by atoms with Crippen molar-refractivity contribution in [3.63, 3.8) is 0 Å². The monoisotopic (exact) mass is 210 g/mol. The molecule has 82 valence electrons. The van der Waals surface area contributed by atoms with Crippen molar-refractivity contribution < 1.29 is 14.6 Å². The largest absolute Gasteiger partial charge is 0.466 e. The Bertz CT molecular complexity index is 341. The van der Waals surface area contributed by atoms with Gasteiger partial charge in [-0.05, 0) is 19.9 Å². The molecule has 0 saturated carbocycles. The van der Waals surface area contributed by atoms with Gasteiger partial charge < -0.3 is 9.84 Å². The number of ether oxygens (including phenoxy) is 1. The average Bonchev–Trinajstić information content (AvgIpc) is 2.18. The molecule has 0 amide bonds. The minimum absolute atomic E-state index is 0.114. The molecule has 0 aliphatic rings. The van der Waals surface area contributed by atoms with E-state index in [4.69, 9.17) is 4.74 Å². The number of carbonyl (C=O) groups is 1. The van der Waals surface area contributed by atoms with Gasteiger partial charge >= 0.3 is 5.97 Å². The average molecular weight is 210 g/mol. The predicted octanol–water partition coefficient (Wildman–Crippen LogP) is 0.772. The summed E-state index contributed by atoms with van der Waals surface area (Å²) in [6, 6.07) is 1.72. The fourth-order valence-corrected chi connectivity index (χ4v) is 1.10. The molecule has 1 unspecified atom stereocenters. The van der Waals surface area contributed by atoms with Crippen LogP contribution in [0.4, 0.5) is 0 Å². The Labute approximate surface area is 88.1 Å². The lowest BCUT2D eigenvalue weighted by atomic mass is 10.2. The van der Waals surface area contributed by atoms with E-state index in [0.29, 0.717) is 6.61 Å². The second kappa shape index (κ2) is 5.41. The van der Waals surface area contributed by atoms with E-state index in [1.165, 1.54) is 0 Å². The second-order valence-electron chi connectivity index (χ2n) is 3.08. The van der Waals surface area contributed by atoms with Gasteiger partial charge in [-0.15, -0.1) is 0 Å². The zero-order valence-corrected chi connectivity index (χ0v) is 8.80. The Morgan fingerprint density at radius 2 is 2.40 bits per heavy atom. The summed E-state index contributed by atoms with van der Waals surface area (Å²) < 4.78 is 4.71. The third-order valence-corrected chi connectivity index (χ3v) is 1.78. The molecule has 0 aliphatic heterocycles. The number of hydrogen-bond donors (Lipinski definition) is 1. The van der Waals surface area contributed by atoms with E-state index in [9.17, 15) is 9.90 Å². The molecule has 15 heavy (non-hydrogen) atoms. The summed E-state index contributed by atoms with van der Waals surface area (Å²) >= 11 is 0. The Morgan fingerprint density at radius 3 is 3.00 bits per heavy atom. The van der Waals surface area contributed by atoms with Crippen molar-refractivity contribution in [1.29, 1.82) is 0 Å². The van der Waals surface area contributed by atoms with Crippen LogP contribution in [-0.2, 0) is 9.53 Å². The summed E-state index contributed by atoms with van der Waals surface area (Å²) in [5.41, 5.74) is 0.753. The molecule has 1 rings (SSSR count). The van der Waals surface area contributed by atoms with Crippen molar-refractivity contribution in [2.45, 2.75) is 26.4 Å². The van der Waals surface area contributed by atoms with Gasteiger partial charge in [-0.1, -0.05) is 0 Å². The highest BCUT2D eigenvalue weighted by Gasteiger charge is 2.16. The lowest BCUT2D eigenvalue weighted by Gasteiger charge is -2.08. The summed E-state index contributed by atoms with van der Waals surface area (Å²) in [6.07, 6.45) is 0.438. The molecule has 1 aromatic heterocycles. The molecule has 0 fully saturated rings. The number of aliphatic hydroxyl groups excluding tert-OH is 1. The molecule has 1 heterocycles. The molecule has 1 aromatic rings. The first-order valence-electron chi connectivity index (χ1n) is 4.76. The first-order chi connectivity index (χ1) is 7.13.